The number of amides is 1. The van der Waals surface area contributed by atoms with Crippen molar-refractivity contribution in [3.63, 3.8) is 0 Å². The first-order valence-electron chi connectivity index (χ1n) is 13.3. The Bertz CT molecular complexity index is 1760. The lowest BCUT2D eigenvalue weighted by molar-refractivity contribution is -0.121. The molecule has 0 bridgehead atoms. The Morgan fingerprint density at radius 3 is 2.40 bits per heavy atom. The van der Waals surface area contributed by atoms with E-state index < -0.39 is 31.8 Å². The summed E-state index contributed by atoms with van der Waals surface area (Å²) in [6, 6.07) is 16.0. The average molecular weight is 647 g/mol. The number of thioether (sulfide) groups is 1. The average Bonchev–Trinajstić information content (AvgIpc) is 3.47. The summed E-state index contributed by atoms with van der Waals surface area (Å²) in [5.41, 5.74) is 2.32. The molecule has 0 radical (unpaired) electrons. The second kappa shape index (κ2) is 12.0. The quantitative estimate of drug-likeness (QED) is 0.216. The molecule has 2 unspecified atom stereocenters. The van der Waals surface area contributed by atoms with Crippen LogP contribution in [0.4, 0.5) is 0 Å². The van der Waals surface area contributed by atoms with Crippen LogP contribution in [-0.4, -0.2) is 76.0 Å². The van der Waals surface area contributed by atoms with E-state index in [0.29, 0.717) is 29.9 Å². The number of rotatable bonds is 8. The summed E-state index contributed by atoms with van der Waals surface area (Å²) >= 11 is 6.32. The molecule has 2 saturated heterocycles. The topological polar surface area (TPSA) is 130 Å². The van der Waals surface area contributed by atoms with Crippen molar-refractivity contribution in [3.8, 4) is 16.9 Å². The van der Waals surface area contributed by atoms with Crippen molar-refractivity contribution in [2.24, 2.45) is 11.8 Å². The first-order chi connectivity index (χ1) is 19.8. The highest BCUT2D eigenvalue weighted by atomic mass is 32.2. The maximum Gasteiger partial charge on any atom is 0.266 e. The molecule has 2 fully saturated rings. The Morgan fingerprint density at radius 1 is 1.05 bits per heavy atom. The van der Waals surface area contributed by atoms with E-state index in [1.807, 2.05) is 30.3 Å². The largest absolute Gasteiger partial charge is 0.292 e. The number of benzene rings is 2. The van der Waals surface area contributed by atoms with Gasteiger partial charge in [0.1, 0.15) is 10.0 Å². The van der Waals surface area contributed by atoms with Crippen LogP contribution in [0.3, 0.4) is 0 Å². The molecule has 2 aliphatic rings. The summed E-state index contributed by atoms with van der Waals surface area (Å²) in [4.78, 5) is 14.7. The van der Waals surface area contributed by atoms with Crippen LogP contribution in [0.25, 0.3) is 23.0 Å². The van der Waals surface area contributed by atoms with Crippen molar-refractivity contribution in [1.29, 1.82) is 0 Å². The zero-order valence-electron chi connectivity index (χ0n) is 23.0. The van der Waals surface area contributed by atoms with E-state index in [0.717, 1.165) is 28.8 Å². The highest BCUT2D eigenvalue weighted by molar-refractivity contribution is 8.26. The number of nitrogens with zero attached hydrogens (tertiary/aromatic N) is 4. The number of hydrogen-bond acceptors (Lipinski definition) is 8. The summed E-state index contributed by atoms with van der Waals surface area (Å²) in [5.74, 6) is -0.608. The standard InChI is InChI=1S/C28H30N4O6S4/c1-19-13-20(2)17-30(16-19)42(37,38)24-10-6-7-21(14-24)26-22(18-32(29-26)23-8-4-3-5-9-23)15-25-27(33)31(28(39)40-25)11-12-41(34,35)36/h3-10,14-15,18-20H,11-13,16-17H2,1-2H3,(H,34,35,36)/b25-15-. The van der Waals surface area contributed by atoms with Crippen molar-refractivity contribution < 1.29 is 26.2 Å². The number of hydrogen-bond donors (Lipinski definition) is 1. The first-order valence-corrected chi connectivity index (χ1v) is 17.6. The minimum Gasteiger partial charge on any atom is -0.292 e. The smallest absolute Gasteiger partial charge is 0.266 e. The van der Waals surface area contributed by atoms with E-state index in [4.69, 9.17) is 21.9 Å². The van der Waals surface area contributed by atoms with Gasteiger partial charge in [0.25, 0.3) is 16.0 Å². The third-order valence-electron chi connectivity index (χ3n) is 7.08. The van der Waals surface area contributed by atoms with Gasteiger partial charge in [-0.05, 0) is 48.6 Å². The van der Waals surface area contributed by atoms with Crippen molar-refractivity contribution >= 4 is 60.4 Å². The molecule has 1 aromatic heterocycles. The van der Waals surface area contributed by atoms with Gasteiger partial charge in [-0.25, -0.2) is 13.1 Å². The zero-order valence-corrected chi connectivity index (χ0v) is 26.2. The van der Waals surface area contributed by atoms with Crippen LogP contribution in [0.1, 0.15) is 25.8 Å². The van der Waals surface area contributed by atoms with Gasteiger partial charge in [-0.2, -0.15) is 17.8 Å². The number of sulfonamides is 1. The molecule has 2 atom stereocenters. The van der Waals surface area contributed by atoms with E-state index >= 15 is 0 Å². The van der Waals surface area contributed by atoms with Crippen LogP contribution in [-0.2, 0) is 24.9 Å². The number of thiocarbonyl (C=S) groups is 1. The molecule has 10 nitrogen and oxygen atoms in total. The minimum atomic E-state index is -4.28. The van der Waals surface area contributed by atoms with Gasteiger partial charge in [0.2, 0.25) is 10.0 Å². The van der Waals surface area contributed by atoms with Crippen LogP contribution >= 0.6 is 24.0 Å². The van der Waals surface area contributed by atoms with E-state index in [9.17, 15) is 21.6 Å². The van der Waals surface area contributed by atoms with E-state index in [1.165, 1.54) is 0 Å². The fourth-order valence-electron chi connectivity index (χ4n) is 5.23. The van der Waals surface area contributed by atoms with Gasteiger partial charge in [0.05, 0.1) is 21.2 Å². The van der Waals surface area contributed by atoms with Gasteiger partial charge in [-0.3, -0.25) is 14.2 Å². The molecule has 1 amide bonds. The lowest BCUT2D eigenvalue weighted by Gasteiger charge is -2.34. The summed E-state index contributed by atoms with van der Waals surface area (Å²) in [6.07, 6.45) is 4.34. The number of para-hydroxylation sites is 1. The SMILES string of the molecule is CC1CC(C)CN(S(=O)(=O)c2cccc(-c3nn(-c4ccccc4)cc3/C=C3\SC(=S)N(CCS(=O)(=O)O)C3=O)c2)C1. The summed E-state index contributed by atoms with van der Waals surface area (Å²) in [6.45, 7) is 4.77. The molecule has 2 aromatic carbocycles. The molecule has 3 aromatic rings. The Kier molecular flexibility index (Phi) is 8.75. The van der Waals surface area contributed by atoms with Crippen molar-refractivity contribution in [3.05, 3.63) is 71.3 Å². The predicted molar refractivity (Wildman–Crippen MR) is 167 cm³/mol. The Labute approximate surface area is 255 Å². The van der Waals surface area contributed by atoms with Crippen LogP contribution in [0.5, 0.6) is 0 Å². The molecular weight excluding hydrogens is 617 g/mol. The number of piperidine rings is 1. The van der Waals surface area contributed by atoms with Crippen LogP contribution in [0, 0.1) is 11.8 Å². The molecule has 42 heavy (non-hydrogen) atoms. The Morgan fingerprint density at radius 2 is 1.74 bits per heavy atom. The van der Waals surface area contributed by atoms with Crippen molar-refractivity contribution in [2.45, 2.75) is 25.2 Å². The highest BCUT2D eigenvalue weighted by Gasteiger charge is 2.34. The van der Waals surface area contributed by atoms with E-state index in [-0.39, 0.29) is 32.5 Å². The first kappa shape index (κ1) is 30.6. The fraction of sp³-hybridized carbons (Fsp3) is 0.321. The molecular formula is C28H30N4O6S4. The molecule has 5 rings (SSSR count). The van der Waals surface area contributed by atoms with Crippen molar-refractivity contribution in [1.82, 2.24) is 19.0 Å². The molecule has 2 aliphatic heterocycles. The molecule has 1 N–H and O–H groups in total. The lowest BCUT2D eigenvalue weighted by atomic mass is 9.94. The van der Waals surface area contributed by atoms with Gasteiger partial charge < -0.3 is 0 Å². The molecule has 0 saturated carbocycles. The third kappa shape index (κ3) is 6.68. The summed E-state index contributed by atoms with van der Waals surface area (Å²) in [7, 11) is -8.03. The molecule has 3 heterocycles. The maximum absolute atomic E-state index is 13.7. The van der Waals surface area contributed by atoms with Gasteiger partial charge >= 0.3 is 0 Å². The molecule has 14 heteroatoms. The zero-order chi connectivity index (χ0) is 30.2. The van der Waals surface area contributed by atoms with E-state index in [2.05, 4.69) is 13.8 Å². The second-order valence-electron chi connectivity index (χ2n) is 10.6. The molecule has 0 spiro atoms. The Hall–Kier alpha value is -2.88. The highest BCUT2D eigenvalue weighted by Crippen LogP contribution is 2.36. The van der Waals surface area contributed by atoms with Crippen LogP contribution in [0.15, 0.2) is 70.6 Å². The van der Waals surface area contributed by atoms with Crippen molar-refractivity contribution in [2.75, 3.05) is 25.4 Å². The summed E-state index contributed by atoms with van der Waals surface area (Å²) in [5, 5.41) is 4.77. The molecule has 0 aliphatic carbocycles. The molecule has 222 valence electrons. The number of carbonyl (C=O) groups excluding carboxylic acids is 1. The minimum absolute atomic E-state index is 0.165. The van der Waals surface area contributed by atoms with Gasteiger partial charge in [0.15, 0.2) is 0 Å². The van der Waals surface area contributed by atoms with Gasteiger partial charge in [-0.15, -0.1) is 0 Å². The normalized spacial score (nSPS) is 21.4. The second-order valence-corrected chi connectivity index (χ2v) is 15.8. The Balaban J connectivity index is 1.54. The van der Waals surface area contributed by atoms with Gasteiger partial charge in [0, 0.05) is 37.0 Å². The monoisotopic (exact) mass is 646 g/mol. The maximum atomic E-state index is 13.7. The van der Waals surface area contributed by atoms with Crippen LogP contribution in [0.2, 0.25) is 0 Å². The fourth-order valence-corrected chi connectivity index (χ4v) is 8.66. The predicted octanol–water partition coefficient (Wildman–Crippen LogP) is 4.29. The van der Waals surface area contributed by atoms with Gasteiger partial charge in [-0.1, -0.05) is 68.2 Å². The number of carbonyl (C=O) groups is 1. The van der Waals surface area contributed by atoms with E-state index in [1.54, 1.807) is 45.5 Å². The lowest BCUT2D eigenvalue weighted by Crippen LogP contribution is -2.42. The van der Waals surface area contributed by atoms with Crippen LogP contribution < -0.4 is 0 Å². The third-order valence-corrected chi connectivity index (χ3v) is 11.0. The summed E-state index contributed by atoms with van der Waals surface area (Å²) < 4.78 is 62.3. The number of aromatic nitrogens is 2.